The monoisotopic (exact) mass is 523 g/mol. The number of ether oxygens (including phenoxy) is 1. The zero-order valence-electron chi connectivity index (χ0n) is 23.6. The minimum absolute atomic E-state index is 0.165. The molecule has 2 aromatic rings. The molecule has 1 aliphatic heterocycles. The Morgan fingerprint density at radius 3 is 2.11 bits per heavy atom. The van der Waals surface area contributed by atoms with Crippen molar-refractivity contribution >= 4 is 36.9 Å². The summed E-state index contributed by atoms with van der Waals surface area (Å²) < 4.78 is 29.5. The van der Waals surface area contributed by atoms with Crippen molar-refractivity contribution in [2.75, 3.05) is 14.2 Å². The van der Waals surface area contributed by atoms with E-state index in [0.29, 0.717) is 11.8 Å². The summed E-state index contributed by atoms with van der Waals surface area (Å²) in [4.78, 5) is 18.7. The van der Waals surface area contributed by atoms with Crippen LogP contribution in [-0.2, 0) is 30.1 Å². The van der Waals surface area contributed by atoms with Crippen molar-refractivity contribution in [3.8, 4) is 0 Å². The summed E-state index contributed by atoms with van der Waals surface area (Å²) in [6, 6.07) is 11.1. The Hall–Kier alpha value is -3.29. The Labute approximate surface area is 226 Å². The van der Waals surface area contributed by atoms with Crippen LogP contribution in [-0.4, -0.2) is 45.2 Å². The molecule has 0 atom stereocenters. The lowest BCUT2D eigenvalue weighted by atomic mass is 9.74. The molecular formula is C30H39BFNO5. The van der Waals surface area contributed by atoms with Crippen LogP contribution in [0.4, 0.5) is 4.39 Å². The molecule has 1 saturated heterocycles. The summed E-state index contributed by atoms with van der Waals surface area (Å²) in [7, 11) is 2.91. The van der Waals surface area contributed by atoms with E-state index < -0.39 is 0 Å². The predicted octanol–water partition coefficient (Wildman–Crippen LogP) is 4.81. The number of methoxy groups -OCH3 is 1. The van der Waals surface area contributed by atoms with E-state index in [1.165, 1.54) is 17.2 Å². The van der Waals surface area contributed by atoms with Gasteiger partial charge in [-0.15, -0.1) is 5.73 Å². The fourth-order valence-corrected chi connectivity index (χ4v) is 3.67. The summed E-state index contributed by atoms with van der Waals surface area (Å²) in [6.07, 6.45) is 7.17. The molecule has 1 heterocycles. The van der Waals surface area contributed by atoms with Gasteiger partial charge in [0.15, 0.2) is 0 Å². The molecule has 1 amide bonds. The van der Waals surface area contributed by atoms with Crippen molar-refractivity contribution in [1.82, 2.24) is 0 Å². The lowest BCUT2D eigenvalue weighted by molar-refractivity contribution is -0.107. The van der Waals surface area contributed by atoms with Crippen LogP contribution >= 0.6 is 0 Å². The van der Waals surface area contributed by atoms with Gasteiger partial charge in [0.25, 0.3) is 0 Å². The van der Waals surface area contributed by atoms with E-state index in [0.717, 1.165) is 16.6 Å². The van der Waals surface area contributed by atoms with Crippen LogP contribution < -0.4 is 11.2 Å². The van der Waals surface area contributed by atoms with Gasteiger partial charge in [0, 0.05) is 20.6 Å². The van der Waals surface area contributed by atoms with Crippen LogP contribution in [0.25, 0.3) is 11.6 Å². The maximum Gasteiger partial charge on any atom is 0.495 e. The molecule has 0 radical (unpaired) electrons. The molecule has 1 aliphatic carbocycles. The molecule has 6 nitrogen and oxygen atoms in total. The highest BCUT2D eigenvalue weighted by atomic mass is 19.1. The van der Waals surface area contributed by atoms with Gasteiger partial charge in [-0.05, 0) is 93.1 Å². The molecule has 0 spiro atoms. The zero-order chi connectivity index (χ0) is 28.9. The second-order valence-electron chi connectivity index (χ2n) is 9.67. The topological polar surface area (TPSA) is 87.8 Å². The first-order chi connectivity index (χ1) is 17.9. The second kappa shape index (κ2) is 15.2. The number of aryl methyl sites for hydroxylation is 1. The Morgan fingerprint density at radius 1 is 1.03 bits per heavy atom. The highest BCUT2D eigenvalue weighted by Gasteiger charge is 2.52. The quantitative estimate of drug-likeness (QED) is 0.355. The number of hydrogen-bond donors (Lipinski definition) is 1. The lowest BCUT2D eigenvalue weighted by Crippen LogP contribution is -2.41. The summed E-state index contributed by atoms with van der Waals surface area (Å²) in [6.45, 7) is 12.2. The van der Waals surface area contributed by atoms with Crippen molar-refractivity contribution in [3.05, 3.63) is 82.4 Å². The molecule has 0 unspecified atom stereocenters. The van der Waals surface area contributed by atoms with Crippen LogP contribution in [0.1, 0.15) is 56.9 Å². The number of primary amides is 1. The van der Waals surface area contributed by atoms with Crippen molar-refractivity contribution in [2.24, 2.45) is 5.73 Å². The molecule has 0 bridgehead atoms. The number of rotatable bonds is 3. The van der Waals surface area contributed by atoms with Crippen molar-refractivity contribution in [1.29, 1.82) is 0 Å². The Kier molecular flexibility index (Phi) is 13.1. The van der Waals surface area contributed by atoms with Crippen LogP contribution in [0.2, 0.25) is 0 Å². The van der Waals surface area contributed by atoms with Crippen LogP contribution in [0.5, 0.6) is 0 Å². The first-order valence-electron chi connectivity index (χ1n) is 12.2. The number of halogens is 1. The smallest absolute Gasteiger partial charge is 0.399 e. The molecule has 1 fully saturated rings. The van der Waals surface area contributed by atoms with Crippen molar-refractivity contribution in [3.63, 3.8) is 0 Å². The average Bonchev–Trinajstić information content (AvgIpc) is 2.95. The number of fused-ring (bicyclic) bond motifs is 1. The van der Waals surface area contributed by atoms with Gasteiger partial charge in [-0.25, -0.2) is 4.39 Å². The van der Waals surface area contributed by atoms with Crippen LogP contribution in [0.3, 0.4) is 0 Å². The molecule has 8 heteroatoms. The lowest BCUT2D eigenvalue weighted by Gasteiger charge is -2.32. The molecule has 204 valence electrons. The van der Waals surface area contributed by atoms with Gasteiger partial charge in [0.05, 0.1) is 11.2 Å². The van der Waals surface area contributed by atoms with Gasteiger partial charge in [0.1, 0.15) is 12.1 Å². The first-order valence-corrected chi connectivity index (χ1v) is 12.2. The molecule has 2 N–H and O–H groups in total. The summed E-state index contributed by atoms with van der Waals surface area (Å²) >= 11 is 0. The maximum atomic E-state index is 12.9. The van der Waals surface area contributed by atoms with Gasteiger partial charge < -0.3 is 24.6 Å². The van der Waals surface area contributed by atoms with Crippen molar-refractivity contribution < 1.29 is 28.0 Å². The number of amides is 1. The van der Waals surface area contributed by atoms with E-state index >= 15 is 0 Å². The number of carbonyl (C=O) groups is 2. The molecule has 4 rings (SSSR count). The van der Waals surface area contributed by atoms with E-state index in [1.54, 1.807) is 33.3 Å². The van der Waals surface area contributed by atoms with Crippen molar-refractivity contribution in [2.45, 2.75) is 59.2 Å². The Morgan fingerprint density at radius 2 is 1.58 bits per heavy atom. The minimum atomic E-state index is -0.339. The predicted molar refractivity (Wildman–Crippen MR) is 152 cm³/mol. The highest BCUT2D eigenvalue weighted by molar-refractivity contribution is 6.63. The zero-order valence-corrected chi connectivity index (χ0v) is 23.6. The maximum absolute atomic E-state index is 12.9. The van der Waals surface area contributed by atoms with E-state index in [2.05, 4.69) is 75.1 Å². The first kappa shape index (κ1) is 32.7. The average molecular weight is 523 g/mol. The largest absolute Gasteiger partial charge is 0.495 e. The molecule has 2 aromatic carbocycles. The van der Waals surface area contributed by atoms with E-state index in [-0.39, 0.29) is 37.0 Å². The number of carbonyl (C=O) groups excluding carboxylic acids is 2. The molecule has 0 aromatic heterocycles. The molecule has 2 aliphatic rings. The molecule has 38 heavy (non-hydrogen) atoms. The minimum Gasteiger partial charge on any atom is -0.399 e. The summed E-state index contributed by atoms with van der Waals surface area (Å²) in [5, 5.41) is 0. The van der Waals surface area contributed by atoms with E-state index in [4.69, 9.17) is 14.1 Å². The molecular weight excluding hydrogens is 484 g/mol. The van der Waals surface area contributed by atoms with Gasteiger partial charge in [-0.1, -0.05) is 36.4 Å². The third kappa shape index (κ3) is 8.64. The van der Waals surface area contributed by atoms with E-state index in [1.807, 2.05) is 12.2 Å². The number of allylic oxidation sites excluding steroid dienone is 3. The Bertz CT molecular complexity index is 1150. The fourth-order valence-electron chi connectivity index (χ4n) is 3.67. The summed E-state index contributed by atoms with van der Waals surface area (Å²) in [5.74, 6) is -0.294. The Balaban J connectivity index is 0.000000356. The highest BCUT2D eigenvalue weighted by Crippen LogP contribution is 2.37. The third-order valence-electron chi connectivity index (χ3n) is 6.37. The SMILES string of the molecule is CC1=CC=C=Cc2c(B3OC(C)(C)C(C)(C)O3)cccc21.COC.Cc1cccc(F)c1CC=O.NC=O. The second-order valence-corrected chi connectivity index (χ2v) is 9.67. The van der Waals surface area contributed by atoms with Gasteiger partial charge in [0.2, 0.25) is 6.41 Å². The van der Waals surface area contributed by atoms with Gasteiger partial charge >= 0.3 is 7.12 Å². The fraction of sp³-hybridized carbons (Fsp3) is 0.367. The number of nitrogens with two attached hydrogens (primary N) is 1. The molecule has 0 saturated carbocycles. The number of aldehydes is 1. The normalized spacial score (nSPS) is 15.7. The van der Waals surface area contributed by atoms with Gasteiger partial charge in [-0.3, -0.25) is 4.79 Å². The van der Waals surface area contributed by atoms with Gasteiger partial charge in [-0.2, -0.15) is 0 Å². The van der Waals surface area contributed by atoms with E-state index in [9.17, 15) is 9.18 Å². The summed E-state index contributed by atoms with van der Waals surface area (Å²) in [5.41, 5.74) is 12.7. The van der Waals surface area contributed by atoms with Crippen LogP contribution in [0, 0.1) is 12.7 Å². The van der Waals surface area contributed by atoms with Crippen LogP contribution in [0.15, 0.2) is 54.3 Å². The number of hydrogen-bond acceptors (Lipinski definition) is 5. The standard InChI is InChI=1S/C18H21BO2.C9H9FO.C2H6O.CH3NO/c1-13-9-6-7-10-15-14(13)11-8-12-16(15)19-20-17(2,3)18(4,5)21-19;1-7-3-2-4-9(10)8(7)5-6-11;1-3-2;2-1-3/h6,8-12H,1-5H3;2-4,6H,5H2,1H3;1-2H3;1H,(H2,2,3). The number of benzene rings is 2. The third-order valence-corrected chi connectivity index (χ3v) is 6.37.